The van der Waals surface area contributed by atoms with Crippen molar-refractivity contribution in [3.8, 4) is 0 Å². The van der Waals surface area contributed by atoms with Gasteiger partial charge in [0.2, 0.25) is 0 Å². The van der Waals surface area contributed by atoms with Crippen LogP contribution in [0.25, 0.3) is 0 Å². The minimum atomic E-state index is -0.784. The van der Waals surface area contributed by atoms with Gasteiger partial charge in [-0.2, -0.15) is 0 Å². The molecule has 0 N–H and O–H groups in total. The van der Waals surface area contributed by atoms with Crippen LogP contribution in [-0.4, -0.2) is 37.2 Å². The molecule has 1 atom stereocenters. The van der Waals surface area contributed by atoms with Gasteiger partial charge in [0, 0.05) is 19.3 Å². The van der Waals surface area contributed by atoms with Gasteiger partial charge in [-0.05, 0) is 64.2 Å². The summed E-state index contributed by atoms with van der Waals surface area (Å²) in [6.07, 6.45) is 56.7. The Kier molecular flexibility index (Phi) is 45.9. The zero-order chi connectivity index (χ0) is 43.0. The van der Waals surface area contributed by atoms with E-state index in [1.54, 1.807) is 0 Å². The summed E-state index contributed by atoms with van der Waals surface area (Å²) in [5, 5.41) is 0. The van der Waals surface area contributed by atoms with Gasteiger partial charge < -0.3 is 14.2 Å². The third kappa shape index (κ3) is 46.3. The maximum atomic E-state index is 12.8. The van der Waals surface area contributed by atoms with Crippen LogP contribution >= 0.6 is 0 Å². The normalized spacial score (nSPS) is 12.4. The number of allylic oxidation sites excluding steroid dienone is 8. The standard InChI is InChI=1S/C53H94O6/c1-4-7-10-13-16-19-22-24-26-27-29-31-34-37-40-43-46-52(55)58-49-50(48-57-51(54)45-42-39-36-33-30-21-18-15-12-9-6-3)59-53(56)47-44-41-38-35-32-28-25-23-20-17-14-11-8-5-2/h8,11,15,17-18,20-21,30,50H,4-7,9-10,12-14,16,19,22-29,31-49H2,1-3H3/b11-8-,18-15-,20-17-,30-21-. The van der Waals surface area contributed by atoms with Gasteiger partial charge >= 0.3 is 17.9 Å². The minimum absolute atomic E-state index is 0.0828. The van der Waals surface area contributed by atoms with E-state index < -0.39 is 6.10 Å². The summed E-state index contributed by atoms with van der Waals surface area (Å²) in [6.45, 7) is 6.46. The van der Waals surface area contributed by atoms with Crippen LogP contribution in [0, 0.1) is 0 Å². The van der Waals surface area contributed by atoms with Crippen molar-refractivity contribution in [3.63, 3.8) is 0 Å². The SMILES string of the molecule is CC/C=C\C/C=C\CCCCCCCCCC(=O)OC(COC(=O)CCCCC/C=C\C=C/CCCC)COC(=O)CCCCCCCCCCCCCCCCCC. The minimum Gasteiger partial charge on any atom is -0.462 e. The Hall–Kier alpha value is -2.63. The third-order valence-corrected chi connectivity index (χ3v) is 10.8. The molecule has 59 heavy (non-hydrogen) atoms. The van der Waals surface area contributed by atoms with E-state index in [-0.39, 0.29) is 31.1 Å². The predicted molar refractivity (Wildman–Crippen MR) is 252 cm³/mol. The molecule has 0 rings (SSSR count). The van der Waals surface area contributed by atoms with E-state index in [1.807, 2.05) is 0 Å². The first-order valence-electron chi connectivity index (χ1n) is 25.2. The van der Waals surface area contributed by atoms with E-state index in [4.69, 9.17) is 14.2 Å². The largest absolute Gasteiger partial charge is 0.462 e. The molecule has 0 aliphatic heterocycles. The van der Waals surface area contributed by atoms with Gasteiger partial charge in [0.1, 0.15) is 13.2 Å². The van der Waals surface area contributed by atoms with Crippen molar-refractivity contribution >= 4 is 17.9 Å². The Balaban J connectivity index is 4.37. The van der Waals surface area contributed by atoms with Crippen molar-refractivity contribution in [2.45, 2.75) is 258 Å². The van der Waals surface area contributed by atoms with E-state index in [0.29, 0.717) is 19.3 Å². The van der Waals surface area contributed by atoms with Crippen LogP contribution < -0.4 is 0 Å². The Morgan fingerprint density at radius 2 is 0.729 bits per heavy atom. The molecular formula is C53H94O6. The molecule has 0 aromatic carbocycles. The van der Waals surface area contributed by atoms with Gasteiger partial charge in [0.05, 0.1) is 0 Å². The first-order valence-corrected chi connectivity index (χ1v) is 25.2. The molecule has 342 valence electrons. The lowest BCUT2D eigenvalue weighted by molar-refractivity contribution is -0.167. The highest BCUT2D eigenvalue weighted by atomic mass is 16.6. The summed E-state index contributed by atoms with van der Waals surface area (Å²) in [5.41, 5.74) is 0. The van der Waals surface area contributed by atoms with Gasteiger partial charge in [-0.25, -0.2) is 0 Å². The summed E-state index contributed by atoms with van der Waals surface area (Å²) in [6, 6.07) is 0. The van der Waals surface area contributed by atoms with E-state index in [1.165, 1.54) is 122 Å². The number of carbonyl (C=O) groups is 3. The van der Waals surface area contributed by atoms with Crippen molar-refractivity contribution < 1.29 is 28.6 Å². The topological polar surface area (TPSA) is 78.9 Å². The summed E-state index contributed by atoms with van der Waals surface area (Å²) in [7, 11) is 0. The predicted octanol–water partition coefficient (Wildman–Crippen LogP) is 16.3. The Labute approximate surface area is 365 Å². The smallest absolute Gasteiger partial charge is 0.306 e. The zero-order valence-electron chi connectivity index (χ0n) is 39.0. The zero-order valence-corrected chi connectivity index (χ0v) is 39.0. The Bertz CT molecular complexity index is 1040. The number of carbonyl (C=O) groups excluding carboxylic acids is 3. The van der Waals surface area contributed by atoms with E-state index >= 15 is 0 Å². The Morgan fingerprint density at radius 3 is 1.19 bits per heavy atom. The summed E-state index contributed by atoms with van der Waals surface area (Å²) in [4.78, 5) is 37.9. The molecule has 0 aromatic heterocycles. The molecule has 0 saturated carbocycles. The highest BCUT2D eigenvalue weighted by Gasteiger charge is 2.19. The number of unbranched alkanes of at least 4 members (excludes halogenated alkanes) is 27. The molecule has 0 fully saturated rings. The van der Waals surface area contributed by atoms with Gasteiger partial charge in [-0.15, -0.1) is 0 Å². The molecule has 0 spiro atoms. The van der Waals surface area contributed by atoms with Crippen molar-refractivity contribution in [1.29, 1.82) is 0 Å². The van der Waals surface area contributed by atoms with Crippen molar-refractivity contribution in [1.82, 2.24) is 0 Å². The highest BCUT2D eigenvalue weighted by Crippen LogP contribution is 2.15. The maximum Gasteiger partial charge on any atom is 0.306 e. The fourth-order valence-electron chi connectivity index (χ4n) is 7.05. The molecule has 6 heteroatoms. The number of esters is 3. The highest BCUT2D eigenvalue weighted by molar-refractivity contribution is 5.71. The monoisotopic (exact) mass is 827 g/mol. The van der Waals surface area contributed by atoms with Crippen LogP contribution in [0.4, 0.5) is 0 Å². The maximum absolute atomic E-state index is 12.8. The second kappa shape index (κ2) is 48.0. The van der Waals surface area contributed by atoms with Crippen molar-refractivity contribution in [3.05, 3.63) is 48.6 Å². The van der Waals surface area contributed by atoms with Crippen molar-refractivity contribution in [2.75, 3.05) is 13.2 Å². The average Bonchev–Trinajstić information content (AvgIpc) is 3.23. The van der Waals surface area contributed by atoms with Crippen LogP contribution in [-0.2, 0) is 28.6 Å². The average molecular weight is 827 g/mol. The summed E-state index contributed by atoms with van der Waals surface area (Å²) < 4.78 is 16.7. The number of hydrogen-bond acceptors (Lipinski definition) is 6. The third-order valence-electron chi connectivity index (χ3n) is 10.8. The molecule has 0 aliphatic rings. The van der Waals surface area contributed by atoms with E-state index in [0.717, 1.165) is 89.9 Å². The van der Waals surface area contributed by atoms with E-state index in [9.17, 15) is 14.4 Å². The lowest BCUT2D eigenvalue weighted by Gasteiger charge is -2.18. The molecule has 0 aromatic rings. The number of rotatable bonds is 45. The van der Waals surface area contributed by atoms with Gasteiger partial charge in [-0.1, -0.05) is 217 Å². The molecule has 0 amide bonds. The molecule has 1 unspecified atom stereocenters. The number of hydrogen-bond donors (Lipinski definition) is 0. The second-order valence-corrected chi connectivity index (χ2v) is 16.7. The van der Waals surface area contributed by atoms with Crippen LogP contribution in [0.3, 0.4) is 0 Å². The fourth-order valence-corrected chi connectivity index (χ4v) is 7.05. The molecule has 0 heterocycles. The molecular weight excluding hydrogens is 733 g/mol. The lowest BCUT2D eigenvalue weighted by Crippen LogP contribution is -2.30. The Morgan fingerprint density at radius 1 is 0.373 bits per heavy atom. The lowest BCUT2D eigenvalue weighted by atomic mass is 10.0. The van der Waals surface area contributed by atoms with Crippen molar-refractivity contribution in [2.24, 2.45) is 0 Å². The molecule has 0 aliphatic carbocycles. The first kappa shape index (κ1) is 56.4. The summed E-state index contributed by atoms with van der Waals surface area (Å²) >= 11 is 0. The van der Waals surface area contributed by atoms with Gasteiger partial charge in [0.25, 0.3) is 0 Å². The second-order valence-electron chi connectivity index (χ2n) is 16.7. The van der Waals surface area contributed by atoms with Gasteiger partial charge in [-0.3, -0.25) is 14.4 Å². The van der Waals surface area contributed by atoms with Crippen LogP contribution in [0.15, 0.2) is 48.6 Å². The quantitative estimate of drug-likeness (QED) is 0.0200. The summed E-state index contributed by atoms with van der Waals surface area (Å²) in [5.74, 6) is -0.915. The van der Waals surface area contributed by atoms with Crippen LogP contribution in [0.2, 0.25) is 0 Å². The fraction of sp³-hybridized carbons (Fsp3) is 0.792. The first-order chi connectivity index (χ1) is 29.0. The van der Waals surface area contributed by atoms with E-state index in [2.05, 4.69) is 69.4 Å². The van der Waals surface area contributed by atoms with Gasteiger partial charge in [0.15, 0.2) is 6.10 Å². The van der Waals surface area contributed by atoms with Crippen LogP contribution in [0.1, 0.15) is 252 Å². The number of ether oxygens (including phenoxy) is 3. The molecule has 0 bridgehead atoms. The van der Waals surface area contributed by atoms with Crippen LogP contribution in [0.5, 0.6) is 0 Å². The molecule has 0 radical (unpaired) electrons. The molecule has 6 nitrogen and oxygen atoms in total. The molecule has 0 saturated heterocycles.